The number of nitrogens with one attached hydrogen (secondary N) is 1. The number of carbonyl (C=O) groups is 2. The predicted octanol–water partition coefficient (Wildman–Crippen LogP) is 2.68. The highest BCUT2D eigenvalue weighted by Gasteiger charge is 2.26. The molecular formula is C16H27N3O3S. The number of urea groups is 1. The lowest BCUT2D eigenvalue weighted by Crippen LogP contribution is -2.49. The minimum Gasteiger partial charge on any atom is -0.467 e. The zero-order chi connectivity index (χ0) is 17.6. The summed E-state index contributed by atoms with van der Waals surface area (Å²) in [5.74, 6) is 0.0771. The predicted molar refractivity (Wildman–Crippen MR) is 91.3 cm³/mol. The van der Waals surface area contributed by atoms with Crippen LogP contribution in [0.5, 0.6) is 0 Å². The van der Waals surface area contributed by atoms with Crippen molar-refractivity contribution < 1.29 is 14.3 Å². The standard InChI is InChI=1S/C16H27N3O3S/c1-10(2)7-13-17-12(9-23-13)8-19(5)16(21)18-14(11(3)4)15(20)22-6/h9-11,14H,7-8H2,1-6H3,(H,18,21)/t14-/m0/s1. The molecule has 0 aliphatic heterocycles. The van der Waals surface area contributed by atoms with Crippen LogP contribution in [0.2, 0.25) is 0 Å². The summed E-state index contributed by atoms with van der Waals surface area (Å²) in [6.07, 6.45) is 0.943. The van der Waals surface area contributed by atoms with Gasteiger partial charge in [-0.2, -0.15) is 0 Å². The summed E-state index contributed by atoms with van der Waals surface area (Å²) < 4.78 is 4.73. The van der Waals surface area contributed by atoms with Gasteiger partial charge in [0, 0.05) is 18.8 Å². The van der Waals surface area contributed by atoms with E-state index in [2.05, 4.69) is 24.1 Å². The molecule has 1 aromatic heterocycles. The number of nitrogens with zero attached hydrogens (tertiary/aromatic N) is 2. The van der Waals surface area contributed by atoms with Crippen LogP contribution in [0.25, 0.3) is 0 Å². The zero-order valence-corrected chi connectivity index (χ0v) is 15.6. The zero-order valence-electron chi connectivity index (χ0n) is 14.8. The Morgan fingerprint density at radius 1 is 1.35 bits per heavy atom. The molecule has 0 spiro atoms. The molecular weight excluding hydrogens is 314 g/mol. The van der Waals surface area contributed by atoms with Crippen LogP contribution >= 0.6 is 11.3 Å². The van der Waals surface area contributed by atoms with Gasteiger partial charge in [0.05, 0.1) is 24.4 Å². The van der Waals surface area contributed by atoms with E-state index < -0.39 is 12.0 Å². The summed E-state index contributed by atoms with van der Waals surface area (Å²) >= 11 is 1.62. The summed E-state index contributed by atoms with van der Waals surface area (Å²) in [7, 11) is 3.00. The van der Waals surface area contributed by atoms with Gasteiger partial charge in [-0.25, -0.2) is 14.6 Å². The molecule has 2 amide bonds. The molecule has 6 nitrogen and oxygen atoms in total. The van der Waals surface area contributed by atoms with E-state index >= 15 is 0 Å². The second kappa shape index (κ2) is 8.86. The Morgan fingerprint density at radius 3 is 2.52 bits per heavy atom. The Kier molecular flexibility index (Phi) is 7.48. The minimum atomic E-state index is -0.651. The van der Waals surface area contributed by atoms with Crippen molar-refractivity contribution in [3.8, 4) is 0 Å². The molecule has 0 unspecified atom stereocenters. The molecule has 7 heteroatoms. The smallest absolute Gasteiger partial charge is 0.328 e. The van der Waals surface area contributed by atoms with E-state index in [9.17, 15) is 9.59 Å². The summed E-state index contributed by atoms with van der Waals surface area (Å²) in [5.41, 5.74) is 0.863. The van der Waals surface area contributed by atoms with E-state index in [-0.39, 0.29) is 11.9 Å². The van der Waals surface area contributed by atoms with Gasteiger partial charge >= 0.3 is 12.0 Å². The SMILES string of the molecule is COC(=O)[C@@H](NC(=O)N(C)Cc1csc(CC(C)C)n1)C(C)C. The normalized spacial score (nSPS) is 12.3. The molecule has 130 valence electrons. The van der Waals surface area contributed by atoms with E-state index in [1.165, 1.54) is 12.0 Å². The summed E-state index contributed by atoms with van der Waals surface area (Å²) in [4.78, 5) is 30.0. The van der Waals surface area contributed by atoms with E-state index in [1.807, 2.05) is 19.2 Å². The first-order valence-corrected chi connectivity index (χ1v) is 8.65. The molecule has 23 heavy (non-hydrogen) atoms. The molecule has 1 N–H and O–H groups in total. The molecule has 0 aromatic carbocycles. The van der Waals surface area contributed by atoms with Crippen molar-refractivity contribution in [1.29, 1.82) is 0 Å². The quantitative estimate of drug-likeness (QED) is 0.774. The van der Waals surface area contributed by atoms with Crippen LogP contribution in [0.4, 0.5) is 4.79 Å². The average Bonchev–Trinajstić information content (AvgIpc) is 2.89. The number of hydrogen-bond acceptors (Lipinski definition) is 5. The third kappa shape index (κ3) is 6.17. The van der Waals surface area contributed by atoms with Gasteiger partial charge in [0.2, 0.25) is 0 Å². The molecule has 0 bridgehead atoms. The fourth-order valence-corrected chi connectivity index (χ4v) is 3.05. The highest BCUT2D eigenvalue weighted by molar-refractivity contribution is 7.09. The molecule has 0 saturated carbocycles. The number of rotatable bonds is 7. The Morgan fingerprint density at radius 2 is 2.00 bits per heavy atom. The lowest BCUT2D eigenvalue weighted by Gasteiger charge is -2.23. The van der Waals surface area contributed by atoms with Crippen molar-refractivity contribution >= 4 is 23.3 Å². The molecule has 0 saturated heterocycles. The number of aromatic nitrogens is 1. The van der Waals surface area contributed by atoms with Crippen LogP contribution in [-0.2, 0) is 22.5 Å². The van der Waals surface area contributed by atoms with Crippen molar-refractivity contribution in [2.45, 2.75) is 46.7 Å². The maximum Gasteiger partial charge on any atom is 0.328 e. The lowest BCUT2D eigenvalue weighted by atomic mass is 10.1. The van der Waals surface area contributed by atoms with Gasteiger partial charge in [-0.15, -0.1) is 11.3 Å². The van der Waals surface area contributed by atoms with Gasteiger partial charge in [-0.1, -0.05) is 27.7 Å². The van der Waals surface area contributed by atoms with Gasteiger partial charge < -0.3 is 15.0 Å². The molecule has 0 aliphatic carbocycles. The maximum absolute atomic E-state index is 12.2. The Bertz CT molecular complexity index is 528. The van der Waals surface area contributed by atoms with E-state index in [0.29, 0.717) is 12.5 Å². The maximum atomic E-state index is 12.2. The van der Waals surface area contributed by atoms with Crippen molar-refractivity contribution in [3.63, 3.8) is 0 Å². The molecule has 0 radical (unpaired) electrons. The number of thiazole rings is 1. The topological polar surface area (TPSA) is 71.5 Å². The van der Waals surface area contributed by atoms with Gasteiger partial charge in [-0.3, -0.25) is 0 Å². The largest absolute Gasteiger partial charge is 0.467 e. The second-order valence-electron chi connectivity index (χ2n) is 6.38. The van der Waals surface area contributed by atoms with Crippen molar-refractivity contribution in [1.82, 2.24) is 15.2 Å². The van der Waals surface area contributed by atoms with Gasteiger partial charge in [0.15, 0.2) is 0 Å². The van der Waals surface area contributed by atoms with Gasteiger partial charge in [-0.05, 0) is 11.8 Å². The van der Waals surface area contributed by atoms with Crippen LogP contribution in [0.15, 0.2) is 5.38 Å². The number of hydrogen-bond donors (Lipinski definition) is 1. The van der Waals surface area contributed by atoms with E-state index in [0.717, 1.165) is 17.1 Å². The fraction of sp³-hybridized carbons (Fsp3) is 0.688. The summed E-state index contributed by atoms with van der Waals surface area (Å²) in [6, 6.07) is -0.964. The van der Waals surface area contributed by atoms with E-state index in [1.54, 1.807) is 18.4 Å². The van der Waals surface area contributed by atoms with Crippen molar-refractivity contribution in [2.24, 2.45) is 11.8 Å². The summed E-state index contributed by atoms with van der Waals surface area (Å²) in [5, 5.41) is 5.77. The van der Waals surface area contributed by atoms with Gasteiger partial charge in [0.25, 0.3) is 0 Å². The average molecular weight is 341 g/mol. The molecule has 1 heterocycles. The second-order valence-corrected chi connectivity index (χ2v) is 7.32. The van der Waals surface area contributed by atoms with Crippen molar-refractivity contribution in [3.05, 3.63) is 16.1 Å². The summed E-state index contributed by atoms with van der Waals surface area (Å²) in [6.45, 7) is 8.44. The van der Waals surface area contributed by atoms with Crippen LogP contribution in [0, 0.1) is 11.8 Å². The van der Waals surface area contributed by atoms with Crippen LogP contribution in [0.3, 0.4) is 0 Å². The Labute approximate surface area is 142 Å². The van der Waals surface area contributed by atoms with Crippen LogP contribution in [-0.4, -0.2) is 42.1 Å². The van der Waals surface area contributed by atoms with E-state index in [4.69, 9.17) is 4.74 Å². The van der Waals surface area contributed by atoms with Crippen LogP contribution < -0.4 is 5.32 Å². The highest BCUT2D eigenvalue weighted by Crippen LogP contribution is 2.15. The molecule has 0 aliphatic rings. The first kappa shape index (κ1) is 19.4. The first-order valence-electron chi connectivity index (χ1n) is 7.77. The molecule has 1 rings (SSSR count). The van der Waals surface area contributed by atoms with Crippen molar-refractivity contribution in [2.75, 3.05) is 14.2 Å². The number of amides is 2. The molecule has 0 fully saturated rings. The number of methoxy groups -OCH3 is 1. The lowest BCUT2D eigenvalue weighted by molar-refractivity contribution is -0.144. The fourth-order valence-electron chi connectivity index (χ4n) is 2.05. The number of ether oxygens (including phenoxy) is 1. The Balaban J connectivity index is 2.62. The first-order chi connectivity index (χ1) is 10.7. The minimum absolute atomic E-state index is 0.0447. The third-order valence-corrected chi connectivity index (χ3v) is 4.25. The Hall–Kier alpha value is -1.63. The highest BCUT2D eigenvalue weighted by atomic mass is 32.1. The van der Waals surface area contributed by atoms with Crippen LogP contribution in [0.1, 0.15) is 38.4 Å². The molecule has 1 atom stereocenters. The number of esters is 1. The van der Waals surface area contributed by atoms with Gasteiger partial charge in [0.1, 0.15) is 6.04 Å². The number of carbonyl (C=O) groups excluding carboxylic acids is 2. The monoisotopic (exact) mass is 341 g/mol. The third-order valence-electron chi connectivity index (χ3n) is 3.33. The molecule has 1 aromatic rings.